The highest BCUT2D eigenvalue weighted by Crippen LogP contribution is 2.06. The van der Waals surface area contributed by atoms with Crippen LogP contribution in [0.4, 0.5) is 0 Å². The SMILES string of the molecule is CNC(C)(C)C(=O)NCc1cncs1. The third kappa shape index (κ3) is 2.78. The lowest BCUT2D eigenvalue weighted by atomic mass is 10.1. The number of nitrogens with zero attached hydrogens (tertiary/aromatic N) is 1. The van der Waals surface area contributed by atoms with E-state index in [0.717, 1.165) is 4.88 Å². The number of hydrogen-bond donors (Lipinski definition) is 2. The first-order valence-corrected chi connectivity index (χ1v) is 5.29. The van der Waals surface area contributed by atoms with Gasteiger partial charge in [-0.25, -0.2) is 0 Å². The van der Waals surface area contributed by atoms with Crippen molar-refractivity contribution in [2.24, 2.45) is 0 Å². The van der Waals surface area contributed by atoms with Crippen molar-refractivity contribution in [1.82, 2.24) is 15.6 Å². The Kier molecular flexibility index (Phi) is 3.60. The van der Waals surface area contributed by atoms with Gasteiger partial charge in [0.2, 0.25) is 5.91 Å². The minimum Gasteiger partial charge on any atom is -0.350 e. The van der Waals surface area contributed by atoms with Crippen LogP contribution in [-0.2, 0) is 11.3 Å². The number of likely N-dealkylation sites (N-methyl/N-ethyl adjacent to an activating group) is 1. The summed E-state index contributed by atoms with van der Waals surface area (Å²) in [4.78, 5) is 16.6. The molecule has 0 fully saturated rings. The fourth-order valence-corrected chi connectivity index (χ4v) is 1.37. The van der Waals surface area contributed by atoms with Crippen LogP contribution in [0.1, 0.15) is 18.7 Å². The highest BCUT2D eigenvalue weighted by molar-refractivity contribution is 7.09. The van der Waals surface area contributed by atoms with Gasteiger partial charge in [0.15, 0.2) is 0 Å². The zero-order chi connectivity index (χ0) is 10.6. The van der Waals surface area contributed by atoms with Gasteiger partial charge in [0.05, 0.1) is 17.6 Å². The van der Waals surface area contributed by atoms with Crippen LogP contribution in [0.3, 0.4) is 0 Å². The third-order valence-corrected chi connectivity index (χ3v) is 2.88. The van der Waals surface area contributed by atoms with Crippen molar-refractivity contribution in [1.29, 1.82) is 0 Å². The monoisotopic (exact) mass is 213 g/mol. The van der Waals surface area contributed by atoms with Crippen molar-refractivity contribution in [3.8, 4) is 0 Å². The van der Waals surface area contributed by atoms with Gasteiger partial charge < -0.3 is 10.6 Å². The van der Waals surface area contributed by atoms with E-state index in [4.69, 9.17) is 0 Å². The van der Waals surface area contributed by atoms with Gasteiger partial charge >= 0.3 is 0 Å². The predicted molar refractivity (Wildman–Crippen MR) is 57.1 cm³/mol. The molecule has 1 aromatic heterocycles. The summed E-state index contributed by atoms with van der Waals surface area (Å²) >= 11 is 1.54. The Morgan fingerprint density at radius 2 is 2.36 bits per heavy atom. The maximum absolute atomic E-state index is 11.6. The topological polar surface area (TPSA) is 54.0 Å². The molecular weight excluding hydrogens is 198 g/mol. The number of thiazole rings is 1. The Morgan fingerprint density at radius 1 is 1.64 bits per heavy atom. The van der Waals surface area contributed by atoms with E-state index in [0.29, 0.717) is 6.54 Å². The van der Waals surface area contributed by atoms with Crippen LogP contribution >= 0.6 is 11.3 Å². The van der Waals surface area contributed by atoms with Gasteiger partial charge in [0.25, 0.3) is 0 Å². The first kappa shape index (κ1) is 11.1. The zero-order valence-corrected chi connectivity index (χ0v) is 9.44. The summed E-state index contributed by atoms with van der Waals surface area (Å²) in [7, 11) is 1.77. The number of nitrogens with one attached hydrogen (secondary N) is 2. The second kappa shape index (κ2) is 4.52. The second-order valence-electron chi connectivity index (χ2n) is 3.53. The number of aromatic nitrogens is 1. The molecule has 0 bridgehead atoms. The Bertz CT molecular complexity index is 295. The van der Waals surface area contributed by atoms with Crippen molar-refractivity contribution in [3.05, 3.63) is 16.6 Å². The van der Waals surface area contributed by atoms with Gasteiger partial charge in [-0.3, -0.25) is 9.78 Å². The lowest BCUT2D eigenvalue weighted by Gasteiger charge is -2.22. The minimum absolute atomic E-state index is 0.00611. The van der Waals surface area contributed by atoms with E-state index in [9.17, 15) is 4.79 Å². The number of hydrogen-bond acceptors (Lipinski definition) is 4. The van der Waals surface area contributed by atoms with Gasteiger partial charge in [-0.2, -0.15) is 0 Å². The molecule has 14 heavy (non-hydrogen) atoms. The first-order valence-electron chi connectivity index (χ1n) is 4.41. The van der Waals surface area contributed by atoms with Gasteiger partial charge in [-0.05, 0) is 20.9 Å². The molecule has 0 unspecified atom stereocenters. The molecule has 4 nitrogen and oxygen atoms in total. The number of carbonyl (C=O) groups excluding carboxylic acids is 1. The first-order chi connectivity index (χ1) is 6.56. The van der Waals surface area contributed by atoms with Crippen LogP contribution < -0.4 is 10.6 Å². The predicted octanol–water partition coefficient (Wildman–Crippen LogP) is 0.757. The lowest BCUT2D eigenvalue weighted by Crippen LogP contribution is -2.50. The molecule has 2 N–H and O–H groups in total. The molecule has 1 aromatic rings. The molecule has 0 aliphatic carbocycles. The fourth-order valence-electron chi connectivity index (χ4n) is 0.831. The Hall–Kier alpha value is -0.940. The molecule has 0 atom stereocenters. The summed E-state index contributed by atoms with van der Waals surface area (Å²) in [5.41, 5.74) is 1.23. The van der Waals surface area contributed by atoms with E-state index in [1.807, 2.05) is 13.8 Å². The summed E-state index contributed by atoms with van der Waals surface area (Å²) in [6.07, 6.45) is 1.76. The molecule has 0 aromatic carbocycles. The van der Waals surface area contributed by atoms with Crippen molar-refractivity contribution < 1.29 is 4.79 Å². The Morgan fingerprint density at radius 3 is 2.86 bits per heavy atom. The lowest BCUT2D eigenvalue weighted by molar-refractivity contribution is -0.126. The molecule has 78 valence electrons. The maximum Gasteiger partial charge on any atom is 0.240 e. The third-order valence-electron chi connectivity index (χ3n) is 2.10. The molecule has 1 amide bonds. The van der Waals surface area contributed by atoms with Crippen molar-refractivity contribution in [3.63, 3.8) is 0 Å². The molecule has 5 heteroatoms. The van der Waals surface area contributed by atoms with E-state index in [1.165, 1.54) is 11.3 Å². The number of carbonyl (C=O) groups is 1. The van der Waals surface area contributed by atoms with E-state index in [2.05, 4.69) is 15.6 Å². The normalized spacial score (nSPS) is 11.4. The fraction of sp³-hybridized carbons (Fsp3) is 0.556. The Labute approximate surface area is 87.7 Å². The summed E-state index contributed by atoms with van der Waals surface area (Å²) in [6, 6.07) is 0. The highest BCUT2D eigenvalue weighted by atomic mass is 32.1. The molecule has 0 radical (unpaired) electrons. The molecule has 0 saturated carbocycles. The molecule has 0 saturated heterocycles. The average Bonchev–Trinajstić information content (AvgIpc) is 2.66. The van der Waals surface area contributed by atoms with E-state index in [1.54, 1.807) is 18.8 Å². The quantitative estimate of drug-likeness (QED) is 0.776. The maximum atomic E-state index is 11.6. The van der Waals surface area contributed by atoms with Crippen LogP contribution in [0.15, 0.2) is 11.7 Å². The van der Waals surface area contributed by atoms with Gasteiger partial charge in [-0.1, -0.05) is 0 Å². The summed E-state index contributed by atoms with van der Waals surface area (Å²) < 4.78 is 0. The molecule has 0 aliphatic heterocycles. The second-order valence-corrected chi connectivity index (χ2v) is 4.50. The van der Waals surface area contributed by atoms with Gasteiger partial charge in [0.1, 0.15) is 0 Å². The summed E-state index contributed by atoms with van der Waals surface area (Å²) in [5.74, 6) is -0.00611. The van der Waals surface area contributed by atoms with Crippen LogP contribution in [0.25, 0.3) is 0 Å². The van der Waals surface area contributed by atoms with Gasteiger partial charge in [0, 0.05) is 11.1 Å². The summed E-state index contributed by atoms with van der Waals surface area (Å²) in [5, 5.41) is 5.79. The van der Waals surface area contributed by atoms with Crippen LogP contribution in [0.5, 0.6) is 0 Å². The smallest absolute Gasteiger partial charge is 0.240 e. The molecule has 0 aliphatic rings. The zero-order valence-electron chi connectivity index (χ0n) is 8.63. The van der Waals surface area contributed by atoms with E-state index < -0.39 is 5.54 Å². The molecule has 1 rings (SSSR count). The van der Waals surface area contributed by atoms with Crippen LogP contribution in [0.2, 0.25) is 0 Å². The highest BCUT2D eigenvalue weighted by Gasteiger charge is 2.24. The van der Waals surface area contributed by atoms with Crippen molar-refractivity contribution in [2.45, 2.75) is 25.9 Å². The molecule has 0 spiro atoms. The van der Waals surface area contributed by atoms with Crippen LogP contribution in [0, 0.1) is 0 Å². The molecule has 1 heterocycles. The average molecular weight is 213 g/mol. The van der Waals surface area contributed by atoms with E-state index in [-0.39, 0.29) is 5.91 Å². The van der Waals surface area contributed by atoms with Crippen molar-refractivity contribution >= 4 is 17.2 Å². The largest absolute Gasteiger partial charge is 0.350 e. The number of amides is 1. The number of rotatable bonds is 4. The van der Waals surface area contributed by atoms with Crippen molar-refractivity contribution in [2.75, 3.05) is 7.05 Å². The van der Waals surface area contributed by atoms with E-state index >= 15 is 0 Å². The standard InChI is InChI=1S/C9H15N3OS/c1-9(2,10-3)8(13)12-5-7-4-11-6-14-7/h4,6,10H,5H2,1-3H3,(H,12,13). The Balaban J connectivity index is 2.43. The summed E-state index contributed by atoms with van der Waals surface area (Å²) in [6.45, 7) is 4.23. The van der Waals surface area contributed by atoms with Crippen LogP contribution in [-0.4, -0.2) is 23.5 Å². The molecular formula is C9H15N3OS. The minimum atomic E-state index is -0.523. The van der Waals surface area contributed by atoms with Gasteiger partial charge in [-0.15, -0.1) is 11.3 Å².